The van der Waals surface area contributed by atoms with Crippen LogP contribution < -0.4 is 10.6 Å². The van der Waals surface area contributed by atoms with Crippen LogP contribution >= 0.6 is 0 Å². The van der Waals surface area contributed by atoms with Gasteiger partial charge in [-0.3, -0.25) is 9.78 Å². The number of nitrogens with one attached hydrogen (secondary N) is 2. The van der Waals surface area contributed by atoms with Crippen LogP contribution in [0.5, 0.6) is 0 Å². The number of anilines is 1. The zero-order chi connectivity index (χ0) is 19.1. The number of rotatable bonds is 6. The fourth-order valence-electron chi connectivity index (χ4n) is 3.41. The van der Waals surface area contributed by atoms with E-state index in [4.69, 9.17) is 9.47 Å². The molecule has 8 heteroatoms. The van der Waals surface area contributed by atoms with Crippen molar-refractivity contribution in [3.05, 3.63) is 24.0 Å². The third kappa shape index (κ3) is 5.56. The predicted molar refractivity (Wildman–Crippen MR) is 101 cm³/mol. The summed E-state index contributed by atoms with van der Waals surface area (Å²) in [4.78, 5) is 30.0. The van der Waals surface area contributed by atoms with Gasteiger partial charge in [0.2, 0.25) is 0 Å². The molecule has 3 heterocycles. The number of likely N-dealkylation sites (tertiary alicyclic amines) is 1. The first-order valence-corrected chi connectivity index (χ1v) is 9.68. The highest BCUT2D eigenvalue weighted by Gasteiger charge is 2.23. The van der Waals surface area contributed by atoms with E-state index in [2.05, 4.69) is 15.6 Å². The van der Waals surface area contributed by atoms with Crippen molar-refractivity contribution in [2.24, 2.45) is 0 Å². The first kappa shape index (κ1) is 19.4. The number of hydrogen-bond donors (Lipinski definition) is 2. The van der Waals surface area contributed by atoms with Gasteiger partial charge in [-0.25, -0.2) is 4.79 Å². The van der Waals surface area contributed by atoms with Crippen molar-refractivity contribution in [3.63, 3.8) is 0 Å². The van der Waals surface area contributed by atoms with Gasteiger partial charge in [-0.05, 0) is 38.7 Å². The number of aromatic nitrogens is 1. The fraction of sp³-hybridized carbons (Fsp3) is 0.632. The van der Waals surface area contributed by atoms with Crippen LogP contribution in [0.3, 0.4) is 0 Å². The summed E-state index contributed by atoms with van der Waals surface area (Å²) in [6, 6.07) is 2.05. The molecule has 0 aromatic carbocycles. The van der Waals surface area contributed by atoms with Gasteiger partial charge in [-0.1, -0.05) is 0 Å². The van der Waals surface area contributed by atoms with Crippen molar-refractivity contribution in [1.29, 1.82) is 0 Å². The van der Waals surface area contributed by atoms with Crippen molar-refractivity contribution in [3.8, 4) is 0 Å². The summed E-state index contributed by atoms with van der Waals surface area (Å²) in [6.07, 6.45) is 6.85. The quantitative estimate of drug-likeness (QED) is 0.789. The Labute approximate surface area is 159 Å². The highest BCUT2D eigenvalue weighted by atomic mass is 16.6. The largest absolute Gasteiger partial charge is 0.450 e. The van der Waals surface area contributed by atoms with Gasteiger partial charge >= 0.3 is 6.09 Å². The standard InChI is InChI=1S/C19H28N4O4/c1-2-26-19(25)23-7-5-15(6-8-23)22-16-10-14(11-20-12-16)18(24)21-13-17-4-3-9-27-17/h10-12,15,17,22H,2-9,13H2,1H3,(H,21,24). The van der Waals surface area contributed by atoms with Gasteiger partial charge in [0, 0.05) is 44.7 Å². The summed E-state index contributed by atoms with van der Waals surface area (Å²) in [5.41, 5.74) is 1.34. The monoisotopic (exact) mass is 376 g/mol. The first-order valence-electron chi connectivity index (χ1n) is 9.68. The Morgan fingerprint density at radius 1 is 1.30 bits per heavy atom. The van der Waals surface area contributed by atoms with Crippen LogP contribution in [0, 0.1) is 0 Å². The Morgan fingerprint density at radius 2 is 2.11 bits per heavy atom. The lowest BCUT2D eigenvalue weighted by Crippen LogP contribution is -2.42. The molecule has 2 aliphatic heterocycles. The number of hydrogen-bond acceptors (Lipinski definition) is 6. The maximum absolute atomic E-state index is 12.3. The Balaban J connectivity index is 1.47. The van der Waals surface area contributed by atoms with E-state index in [1.807, 2.05) is 13.0 Å². The van der Waals surface area contributed by atoms with E-state index in [0.717, 1.165) is 38.0 Å². The summed E-state index contributed by atoms with van der Waals surface area (Å²) in [7, 11) is 0. The number of pyridine rings is 1. The number of carbonyl (C=O) groups is 2. The second-order valence-corrected chi connectivity index (χ2v) is 6.91. The Hall–Kier alpha value is -2.35. The van der Waals surface area contributed by atoms with Crippen molar-refractivity contribution in [2.75, 3.05) is 38.2 Å². The molecular formula is C19H28N4O4. The molecule has 2 fully saturated rings. The fourth-order valence-corrected chi connectivity index (χ4v) is 3.41. The minimum Gasteiger partial charge on any atom is -0.450 e. The lowest BCUT2D eigenvalue weighted by atomic mass is 10.1. The predicted octanol–water partition coefficient (Wildman–Crippen LogP) is 2.02. The molecule has 2 amide bonds. The summed E-state index contributed by atoms with van der Waals surface area (Å²) in [5.74, 6) is -0.140. The van der Waals surface area contributed by atoms with E-state index in [0.29, 0.717) is 31.8 Å². The molecule has 0 spiro atoms. The maximum Gasteiger partial charge on any atom is 0.409 e. The normalized spacial score (nSPS) is 20.3. The summed E-state index contributed by atoms with van der Waals surface area (Å²) < 4.78 is 10.6. The molecule has 2 aliphatic rings. The molecule has 2 N–H and O–H groups in total. The Bertz CT molecular complexity index is 640. The number of carbonyl (C=O) groups excluding carboxylic acids is 2. The van der Waals surface area contributed by atoms with Gasteiger partial charge in [-0.2, -0.15) is 0 Å². The summed E-state index contributed by atoms with van der Waals surface area (Å²) in [6.45, 7) is 4.82. The van der Waals surface area contributed by atoms with Gasteiger partial charge in [0.05, 0.1) is 24.0 Å². The number of nitrogens with zero attached hydrogens (tertiary/aromatic N) is 2. The third-order valence-corrected chi connectivity index (χ3v) is 4.91. The SMILES string of the molecule is CCOC(=O)N1CCC(Nc2cncc(C(=O)NCC3CCCO3)c2)CC1. The lowest BCUT2D eigenvalue weighted by molar-refractivity contribution is 0.0857. The summed E-state index contributed by atoms with van der Waals surface area (Å²) in [5, 5.41) is 6.33. The zero-order valence-corrected chi connectivity index (χ0v) is 15.8. The molecular weight excluding hydrogens is 348 g/mol. The highest BCUT2D eigenvalue weighted by Crippen LogP contribution is 2.18. The number of ether oxygens (including phenoxy) is 2. The van der Waals surface area contributed by atoms with Crippen molar-refractivity contribution in [2.45, 2.75) is 44.8 Å². The molecule has 0 aliphatic carbocycles. The second kappa shape index (κ2) is 9.55. The molecule has 8 nitrogen and oxygen atoms in total. The first-order chi connectivity index (χ1) is 13.2. The van der Waals surface area contributed by atoms with Gasteiger partial charge < -0.3 is 25.0 Å². The van der Waals surface area contributed by atoms with E-state index in [1.165, 1.54) is 0 Å². The molecule has 27 heavy (non-hydrogen) atoms. The zero-order valence-electron chi connectivity index (χ0n) is 15.8. The van der Waals surface area contributed by atoms with Crippen molar-refractivity contribution >= 4 is 17.7 Å². The molecule has 148 valence electrons. The maximum atomic E-state index is 12.3. The minimum atomic E-state index is -0.248. The average molecular weight is 376 g/mol. The van der Waals surface area contributed by atoms with Crippen LogP contribution in [0.4, 0.5) is 10.5 Å². The molecule has 1 aromatic rings. The smallest absolute Gasteiger partial charge is 0.409 e. The van der Waals surface area contributed by atoms with Gasteiger partial charge in [0.1, 0.15) is 0 Å². The van der Waals surface area contributed by atoms with E-state index in [-0.39, 0.29) is 24.1 Å². The van der Waals surface area contributed by atoms with Gasteiger partial charge in [0.15, 0.2) is 0 Å². The van der Waals surface area contributed by atoms with Crippen LogP contribution in [-0.2, 0) is 9.47 Å². The molecule has 0 bridgehead atoms. The van der Waals surface area contributed by atoms with Crippen LogP contribution in [0.15, 0.2) is 18.5 Å². The molecule has 1 atom stereocenters. The summed E-state index contributed by atoms with van der Waals surface area (Å²) >= 11 is 0. The molecule has 3 rings (SSSR count). The van der Waals surface area contributed by atoms with Gasteiger partial charge in [-0.15, -0.1) is 0 Å². The highest BCUT2D eigenvalue weighted by molar-refractivity contribution is 5.94. The van der Waals surface area contributed by atoms with Crippen LogP contribution in [0.25, 0.3) is 0 Å². The minimum absolute atomic E-state index is 0.118. The Morgan fingerprint density at radius 3 is 2.81 bits per heavy atom. The molecule has 0 radical (unpaired) electrons. The second-order valence-electron chi connectivity index (χ2n) is 6.91. The van der Waals surface area contributed by atoms with Crippen LogP contribution in [-0.4, -0.2) is 66.9 Å². The van der Waals surface area contributed by atoms with Crippen LogP contribution in [0.1, 0.15) is 43.0 Å². The topological polar surface area (TPSA) is 92.8 Å². The average Bonchev–Trinajstić information content (AvgIpc) is 3.21. The lowest BCUT2D eigenvalue weighted by Gasteiger charge is -2.32. The number of piperidine rings is 1. The molecule has 1 aromatic heterocycles. The van der Waals surface area contributed by atoms with Crippen LogP contribution in [0.2, 0.25) is 0 Å². The van der Waals surface area contributed by atoms with E-state index >= 15 is 0 Å². The van der Waals surface area contributed by atoms with Gasteiger partial charge in [0.25, 0.3) is 5.91 Å². The molecule has 0 saturated carbocycles. The van der Waals surface area contributed by atoms with E-state index < -0.39 is 0 Å². The molecule has 2 saturated heterocycles. The van der Waals surface area contributed by atoms with Crippen molar-refractivity contribution in [1.82, 2.24) is 15.2 Å². The van der Waals surface area contributed by atoms with E-state index in [9.17, 15) is 9.59 Å². The van der Waals surface area contributed by atoms with Crippen molar-refractivity contribution < 1.29 is 19.1 Å². The third-order valence-electron chi connectivity index (χ3n) is 4.91. The number of amides is 2. The Kier molecular flexibility index (Phi) is 6.86. The molecule has 1 unspecified atom stereocenters. The van der Waals surface area contributed by atoms with E-state index in [1.54, 1.807) is 17.3 Å².